The average molecular weight is 214 g/mol. The molecule has 0 fully saturated rings. The summed E-state index contributed by atoms with van der Waals surface area (Å²) in [5, 5.41) is 2.53. The van der Waals surface area contributed by atoms with E-state index in [9.17, 15) is 13.2 Å². The minimum absolute atomic E-state index is 0.112. The lowest BCUT2D eigenvalue weighted by atomic mass is 10.6. The van der Waals surface area contributed by atoms with Gasteiger partial charge in [0.05, 0.1) is 6.61 Å². The van der Waals surface area contributed by atoms with E-state index in [1.807, 2.05) is 5.43 Å². The lowest BCUT2D eigenvalue weighted by molar-refractivity contribution is -0.118. The summed E-state index contributed by atoms with van der Waals surface area (Å²) in [6.45, 7) is -0.587. The number of rotatable bonds is 4. The predicted molar refractivity (Wildman–Crippen MR) is 45.6 cm³/mol. The Labute approximate surface area is 79.5 Å². The van der Waals surface area contributed by atoms with Gasteiger partial charge in [-0.2, -0.15) is 13.2 Å². The van der Waals surface area contributed by atoms with Crippen molar-refractivity contribution in [3.63, 3.8) is 0 Å². The number of hydrogen-bond donors (Lipinski definition) is 3. The molecule has 0 amide bonds. The van der Waals surface area contributed by atoms with Crippen LogP contribution in [0.5, 0.6) is 0 Å². The number of ether oxygens (including phenoxy) is 1. The molecule has 0 aliphatic carbocycles. The van der Waals surface area contributed by atoms with E-state index in [1.54, 1.807) is 0 Å². The highest BCUT2D eigenvalue weighted by Crippen LogP contribution is 2.13. The number of aliphatic imine (C=N–C) groups is 1. The zero-order valence-electron chi connectivity index (χ0n) is 7.69. The van der Waals surface area contributed by atoms with Crippen LogP contribution in [-0.4, -0.2) is 38.9 Å². The fourth-order valence-corrected chi connectivity index (χ4v) is 0.593. The molecule has 0 saturated heterocycles. The maximum absolute atomic E-state index is 11.7. The third kappa shape index (κ3) is 7.62. The molecule has 0 spiro atoms. The van der Waals surface area contributed by atoms with Crippen molar-refractivity contribution in [3.8, 4) is 0 Å². The molecule has 0 aliphatic heterocycles. The topological polar surface area (TPSA) is 71.7 Å². The van der Waals surface area contributed by atoms with Gasteiger partial charge in [-0.1, -0.05) is 0 Å². The van der Waals surface area contributed by atoms with Gasteiger partial charge in [0.1, 0.15) is 6.54 Å². The van der Waals surface area contributed by atoms with Gasteiger partial charge in [0.25, 0.3) is 0 Å². The van der Waals surface area contributed by atoms with E-state index >= 15 is 0 Å². The summed E-state index contributed by atoms with van der Waals surface area (Å²) >= 11 is 0. The molecular formula is C6H13F3N4O. The van der Waals surface area contributed by atoms with Crippen molar-refractivity contribution in [1.82, 2.24) is 10.7 Å². The second-order valence-electron chi connectivity index (χ2n) is 2.34. The van der Waals surface area contributed by atoms with E-state index in [0.717, 1.165) is 0 Å². The Hall–Kier alpha value is -1.02. The number of nitrogens with zero attached hydrogens (tertiary/aromatic N) is 1. The Morgan fingerprint density at radius 2 is 2.14 bits per heavy atom. The zero-order chi connectivity index (χ0) is 11.0. The number of alkyl halides is 3. The minimum atomic E-state index is -4.33. The van der Waals surface area contributed by atoms with E-state index in [2.05, 4.69) is 15.0 Å². The van der Waals surface area contributed by atoms with Gasteiger partial charge in [0, 0.05) is 13.7 Å². The molecule has 0 radical (unpaired) electrons. The van der Waals surface area contributed by atoms with Gasteiger partial charge >= 0.3 is 6.18 Å². The number of methoxy groups -OCH3 is 1. The van der Waals surface area contributed by atoms with Crippen molar-refractivity contribution in [2.45, 2.75) is 6.18 Å². The molecular weight excluding hydrogens is 201 g/mol. The lowest BCUT2D eigenvalue weighted by Gasteiger charge is -2.09. The largest absolute Gasteiger partial charge is 0.408 e. The second-order valence-corrected chi connectivity index (χ2v) is 2.34. The van der Waals surface area contributed by atoms with Crippen LogP contribution in [0.25, 0.3) is 0 Å². The van der Waals surface area contributed by atoms with Gasteiger partial charge in [-0.15, -0.1) is 0 Å². The van der Waals surface area contributed by atoms with E-state index < -0.39 is 12.7 Å². The van der Waals surface area contributed by atoms with Crippen LogP contribution in [0.1, 0.15) is 0 Å². The fourth-order valence-electron chi connectivity index (χ4n) is 0.593. The maximum atomic E-state index is 11.7. The molecule has 0 aromatic rings. The summed E-state index contributed by atoms with van der Waals surface area (Å²) in [5.74, 6) is 4.82. The maximum Gasteiger partial charge on any atom is 0.408 e. The molecule has 0 bridgehead atoms. The second kappa shape index (κ2) is 6.44. The van der Waals surface area contributed by atoms with E-state index in [0.29, 0.717) is 13.2 Å². The quantitative estimate of drug-likeness (QED) is 0.196. The van der Waals surface area contributed by atoms with Crippen molar-refractivity contribution in [3.05, 3.63) is 0 Å². The normalized spacial score (nSPS) is 12.8. The highest BCUT2D eigenvalue weighted by Gasteiger charge is 2.26. The van der Waals surface area contributed by atoms with Gasteiger partial charge in [0.2, 0.25) is 5.96 Å². The molecule has 0 saturated carbocycles. The van der Waals surface area contributed by atoms with Crippen molar-refractivity contribution < 1.29 is 17.9 Å². The van der Waals surface area contributed by atoms with Crippen LogP contribution in [0.3, 0.4) is 0 Å². The number of hydrazine groups is 1. The number of nitrogens with two attached hydrogens (primary N) is 1. The molecule has 0 aromatic carbocycles. The smallest absolute Gasteiger partial charge is 0.383 e. The summed E-state index contributed by atoms with van der Waals surface area (Å²) in [7, 11) is 1.48. The van der Waals surface area contributed by atoms with Crippen LogP contribution in [0, 0.1) is 0 Å². The van der Waals surface area contributed by atoms with Gasteiger partial charge in [-0.3, -0.25) is 5.43 Å². The SMILES string of the molecule is COCCNC(=NCC(F)(F)F)NN. The molecule has 84 valence electrons. The monoisotopic (exact) mass is 214 g/mol. The number of guanidine groups is 1. The first-order chi connectivity index (χ1) is 6.49. The highest BCUT2D eigenvalue weighted by atomic mass is 19.4. The molecule has 0 atom stereocenters. The van der Waals surface area contributed by atoms with Crippen molar-refractivity contribution in [2.24, 2.45) is 10.8 Å². The highest BCUT2D eigenvalue weighted by molar-refractivity contribution is 5.79. The Morgan fingerprint density at radius 1 is 1.50 bits per heavy atom. The Balaban J connectivity index is 3.87. The van der Waals surface area contributed by atoms with Crippen LogP contribution >= 0.6 is 0 Å². The molecule has 14 heavy (non-hydrogen) atoms. The van der Waals surface area contributed by atoms with Crippen LogP contribution in [0.4, 0.5) is 13.2 Å². The molecule has 0 heterocycles. The van der Waals surface area contributed by atoms with Gasteiger partial charge in [-0.05, 0) is 0 Å². The first kappa shape index (κ1) is 13.0. The van der Waals surface area contributed by atoms with Crippen molar-refractivity contribution >= 4 is 5.96 Å². The Bertz CT molecular complexity index is 182. The molecule has 0 unspecified atom stereocenters. The predicted octanol–water partition coefficient (Wildman–Crippen LogP) is -0.396. The van der Waals surface area contributed by atoms with Gasteiger partial charge in [0.15, 0.2) is 0 Å². The Morgan fingerprint density at radius 3 is 2.57 bits per heavy atom. The number of nitrogens with one attached hydrogen (secondary N) is 2. The number of hydrogen-bond acceptors (Lipinski definition) is 3. The first-order valence-electron chi connectivity index (χ1n) is 3.80. The van der Waals surface area contributed by atoms with E-state index in [4.69, 9.17) is 5.84 Å². The molecule has 5 nitrogen and oxygen atoms in total. The summed E-state index contributed by atoms with van der Waals surface area (Å²) in [6, 6.07) is 0. The summed E-state index contributed by atoms with van der Waals surface area (Å²) in [6.07, 6.45) is -4.33. The molecule has 4 N–H and O–H groups in total. The third-order valence-electron chi connectivity index (χ3n) is 1.15. The molecule has 0 aliphatic rings. The van der Waals surface area contributed by atoms with Crippen LogP contribution in [-0.2, 0) is 4.74 Å². The van der Waals surface area contributed by atoms with Gasteiger partial charge < -0.3 is 10.1 Å². The standard InChI is InChI=1S/C6H13F3N4O/c1-14-3-2-11-5(13-10)12-4-6(7,8)9/h2-4,10H2,1H3,(H2,11,12,13). The lowest BCUT2D eigenvalue weighted by Crippen LogP contribution is -2.43. The molecule has 8 heteroatoms. The molecule has 0 rings (SSSR count). The van der Waals surface area contributed by atoms with Crippen molar-refractivity contribution in [1.29, 1.82) is 0 Å². The molecule has 0 aromatic heterocycles. The van der Waals surface area contributed by atoms with Crippen LogP contribution in [0.15, 0.2) is 4.99 Å². The fraction of sp³-hybridized carbons (Fsp3) is 0.833. The zero-order valence-corrected chi connectivity index (χ0v) is 7.69. The summed E-state index contributed by atoms with van der Waals surface area (Å²) in [5.41, 5.74) is 2.02. The summed E-state index contributed by atoms with van der Waals surface area (Å²) in [4.78, 5) is 3.17. The van der Waals surface area contributed by atoms with Crippen LogP contribution < -0.4 is 16.6 Å². The number of halogens is 3. The summed E-state index contributed by atoms with van der Waals surface area (Å²) < 4.78 is 39.8. The Kier molecular flexibility index (Phi) is 5.97. The minimum Gasteiger partial charge on any atom is -0.383 e. The average Bonchev–Trinajstić information content (AvgIpc) is 2.09. The van der Waals surface area contributed by atoms with Crippen LogP contribution in [0.2, 0.25) is 0 Å². The van der Waals surface area contributed by atoms with E-state index in [-0.39, 0.29) is 5.96 Å². The van der Waals surface area contributed by atoms with Crippen molar-refractivity contribution in [2.75, 3.05) is 26.8 Å². The third-order valence-corrected chi connectivity index (χ3v) is 1.15. The van der Waals surface area contributed by atoms with E-state index in [1.165, 1.54) is 7.11 Å². The first-order valence-corrected chi connectivity index (χ1v) is 3.80. The van der Waals surface area contributed by atoms with Gasteiger partial charge in [-0.25, -0.2) is 10.8 Å².